The second-order valence-electron chi connectivity index (χ2n) is 5.74. The second-order valence-corrected chi connectivity index (χ2v) is 7.27. The maximum atomic E-state index is 12.0. The van der Waals surface area contributed by atoms with Gasteiger partial charge in [-0.15, -0.1) is 0 Å². The molecule has 9 heteroatoms. The number of hydrogen-bond donors (Lipinski definition) is 4. The van der Waals surface area contributed by atoms with Gasteiger partial charge < -0.3 is 20.3 Å². The van der Waals surface area contributed by atoms with Crippen LogP contribution in [0.3, 0.4) is 0 Å². The molecule has 0 atom stereocenters. The molecule has 1 aromatic carbocycles. The molecule has 26 heavy (non-hydrogen) atoms. The maximum absolute atomic E-state index is 12.0. The number of rotatable bonds is 9. The second kappa shape index (κ2) is 8.95. The van der Waals surface area contributed by atoms with Crippen molar-refractivity contribution in [2.75, 3.05) is 11.9 Å². The van der Waals surface area contributed by atoms with Gasteiger partial charge in [-0.2, -0.15) is 0 Å². The maximum Gasteiger partial charge on any atom is 0.241 e. The highest BCUT2D eigenvalue weighted by Gasteiger charge is 2.22. The van der Waals surface area contributed by atoms with E-state index < -0.39 is 16.3 Å². The van der Waals surface area contributed by atoms with E-state index in [1.165, 1.54) is 6.07 Å². The predicted octanol–water partition coefficient (Wildman–Crippen LogP) is 1.50. The van der Waals surface area contributed by atoms with Gasteiger partial charge in [-0.25, -0.2) is 13.6 Å². The Morgan fingerprint density at radius 1 is 1.35 bits per heavy atom. The Bertz CT molecular complexity index is 826. The van der Waals surface area contributed by atoms with Crippen LogP contribution in [0.25, 0.3) is 0 Å². The van der Waals surface area contributed by atoms with Crippen LogP contribution in [0.5, 0.6) is 5.75 Å². The number of anilines is 1. The average Bonchev–Trinajstić information content (AvgIpc) is 2.60. The summed E-state index contributed by atoms with van der Waals surface area (Å²) >= 11 is 0. The summed E-state index contributed by atoms with van der Waals surface area (Å²) in [6.45, 7) is 2.67. The molecule has 0 unspecified atom stereocenters. The number of benzene rings is 1. The zero-order valence-corrected chi connectivity index (χ0v) is 15.2. The number of sulfonamides is 1. The fraction of sp³-hybridized carbons (Fsp3) is 0.353. The lowest BCUT2D eigenvalue weighted by Crippen LogP contribution is -2.17. The summed E-state index contributed by atoms with van der Waals surface area (Å²) in [6.07, 6.45) is 3.16. The van der Waals surface area contributed by atoms with Gasteiger partial charge in [0.1, 0.15) is 11.5 Å². The Kier molecular flexibility index (Phi) is 6.92. The van der Waals surface area contributed by atoms with Crippen LogP contribution in [-0.2, 0) is 16.6 Å². The first-order chi connectivity index (χ1) is 12.3. The standard InChI is InChI=1S/C17H23N3O5S/c1-2-3-7-20-14-8-13(17(21)22)9-15(26(18,23)24)16(14)25-11-12-5-4-6-19-10-12/h4-6,8-10,17,20-22H,2-3,7,11H2,1H3,(H2,18,23,24). The molecule has 0 saturated heterocycles. The summed E-state index contributed by atoms with van der Waals surface area (Å²) < 4.78 is 29.8. The Balaban J connectivity index is 2.45. The largest absolute Gasteiger partial charge is 0.485 e. The summed E-state index contributed by atoms with van der Waals surface area (Å²) in [4.78, 5) is 3.67. The molecule has 0 aliphatic heterocycles. The minimum Gasteiger partial charge on any atom is -0.485 e. The highest BCUT2D eigenvalue weighted by molar-refractivity contribution is 7.89. The minimum absolute atomic E-state index is 0.00162. The summed E-state index contributed by atoms with van der Waals surface area (Å²) in [5.74, 6) is 0.0388. The van der Waals surface area contributed by atoms with Crippen LogP contribution in [0, 0.1) is 0 Å². The first-order valence-corrected chi connectivity index (χ1v) is 9.70. The number of nitrogens with one attached hydrogen (secondary N) is 1. The molecule has 2 aromatic rings. The van der Waals surface area contributed by atoms with E-state index in [0.717, 1.165) is 24.5 Å². The molecule has 0 amide bonds. The zero-order chi connectivity index (χ0) is 19.2. The highest BCUT2D eigenvalue weighted by atomic mass is 32.2. The van der Waals surface area contributed by atoms with E-state index in [0.29, 0.717) is 12.2 Å². The third kappa shape index (κ3) is 5.40. The molecule has 2 rings (SSSR count). The van der Waals surface area contributed by atoms with E-state index in [1.807, 2.05) is 6.92 Å². The van der Waals surface area contributed by atoms with Gasteiger partial charge in [0.15, 0.2) is 12.0 Å². The predicted molar refractivity (Wildman–Crippen MR) is 97.0 cm³/mol. The lowest BCUT2D eigenvalue weighted by Gasteiger charge is -2.18. The van der Waals surface area contributed by atoms with E-state index in [2.05, 4.69) is 10.3 Å². The van der Waals surface area contributed by atoms with Crippen molar-refractivity contribution in [3.63, 3.8) is 0 Å². The van der Waals surface area contributed by atoms with Gasteiger partial charge in [-0.1, -0.05) is 19.4 Å². The Morgan fingerprint density at radius 2 is 2.12 bits per heavy atom. The molecule has 0 aliphatic carbocycles. The molecule has 1 heterocycles. The lowest BCUT2D eigenvalue weighted by molar-refractivity contribution is -0.0426. The number of unbranched alkanes of at least 4 members (excludes halogenated alkanes) is 1. The van der Waals surface area contributed by atoms with Crippen LogP contribution in [0.15, 0.2) is 41.6 Å². The number of aromatic nitrogens is 1. The molecule has 8 nitrogen and oxygen atoms in total. The van der Waals surface area contributed by atoms with Crippen molar-refractivity contribution in [2.24, 2.45) is 5.14 Å². The average molecular weight is 381 g/mol. The molecule has 142 valence electrons. The van der Waals surface area contributed by atoms with Gasteiger partial charge in [0.05, 0.1) is 5.69 Å². The van der Waals surface area contributed by atoms with Crippen molar-refractivity contribution in [1.29, 1.82) is 0 Å². The third-order valence-electron chi connectivity index (χ3n) is 3.63. The van der Waals surface area contributed by atoms with Gasteiger partial charge >= 0.3 is 0 Å². The number of primary sulfonamides is 1. The quantitative estimate of drug-likeness (QED) is 0.382. The minimum atomic E-state index is -4.15. The molecular formula is C17H23N3O5S. The number of pyridine rings is 1. The number of nitrogens with zero attached hydrogens (tertiary/aromatic N) is 1. The van der Waals surface area contributed by atoms with E-state index in [1.54, 1.807) is 24.5 Å². The van der Waals surface area contributed by atoms with Crippen molar-refractivity contribution in [3.8, 4) is 5.75 Å². The zero-order valence-electron chi connectivity index (χ0n) is 14.4. The van der Waals surface area contributed by atoms with Crippen LogP contribution in [0.2, 0.25) is 0 Å². The van der Waals surface area contributed by atoms with E-state index >= 15 is 0 Å². The van der Waals surface area contributed by atoms with E-state index in [-0.39, 0.29) is 22.8 Å². The molecule has 0 fully saturated rings. The summed E-state index contributed by atoms with van der Waals surface area (Å²) in [6, 6.07) is 6.07. The van der Waals surface area contributed by atoms with Crippen LogP contribution in [-0.4, -0.2) is 30.2 Å². The molecule has 0 aliphatic rings. The lowest BCUT2D eigenvalue weighted by atomic mass is 10.1. The Labute approximate surface area is 152 Å². The van der Waals surface area contributed by atoms with Gasteiger partial charge in [-0.05, 0) is 24.6 Å². The van der Waals surface area contributed by atoms with Crippen LogP contribution in [0.4, 0.5) is 5.69 Å². The first kappa shape index (κ1) is 20.1. The van der Waals surface area contributed by atoms with Gasteiger partial charge in [0.2, 0.25) is 10.0 Å². The van der Waals surface area contributed by atoms with Crippen molar-refractivity contribution in [3.05, 3.63) is 47.8 Å². The Morgan fingerprint density at radius 3 is 2.69 bits per heavy atom. The SMILES string of the molecule is CCCCNc1cc(C(O)O)cc(S(N)(=O)=O)c1OCc1cccnc1. The van der Waals surface area contributed by atoms with Crippen LogP contribution >= 0.6 is 0 Å². The molecule has 0 spiro atoms. The van der Waals surface area contributed by atoms with Gasteiger partial charge in [0.25, 0.3) is 0 Å². The molecule has 0 bridgehead atoms. The number of aliphatic hydroxyl groups excluding tert-OH is 1. The highest BCUT2D eigenvalue weighted by Crippen LogP contribution is 2.35. The normalized spacial score (nSPS) is 11.6. The number of hydrogen-bond acceptors (Lipinski definition) is 7. The smallest absolute Gasteiger partial charge is 0.241 e. The molecule has 1 aromatic heterocycles. The summed E-state index contributed by atoms with van der Waals surface area (Å²) in [5, 5.41) is 27.3. The molecule has 5 N–H and O–H groups in total. The van der Waals surface area contributed by atoms with Gasteiger partial charge in [-0.3, -0.25) is 4.98 Å². The van der Waals surface area contributed by atoms with Crippen molar-refractivity contribution in [1.82, 2.24) is 4.98 Å². The van der Waals surface area contributed by atoms with Crippen molar-refractivity contribution >= 4 is 15.7 Å². The summed E-state index contributed by atoms with van der Waals surface area (Å²) in [7, 11) is -4.15. The fourth-order valence-corrected chi connectivity index (χ4v) is 3.03. The van der Waals surface area contributed by atoms with Crippen LogP contribution < -0.4 is 15.2 Å². The summed E-state index contributed by atoms with van der Waals surface area (Å²) in [5.41, 5.74) is 1.08. The molecular weight excluding hydrogens is 358 g/mol. The van der Waals surface area contributed by atoms with Crippen LogP contribution in [0.1, 0.15) is 37.2 Å². The topological polar surface area (TPSA) is 135 Å². The number of aliphatic hydroxyl groups is 2. The number of ether oxygens (including phenoxy) is 1. The third-order valence-corrected chi connectivity index (χ3v) is 4.55. The molecule has 0 radical (unpaired) electrons. The monoisotopic (exact) mass is 381 g/mol. The molecule has 0 saturated carbocycles. The van der Waals surface area contributed by atoms with Crippen molar-refractivity contribution in [2.45, 2.75) is 37.6 Å². The first-order valence-electron chi connectivity index (χ1n) is 8.15. The van der Waals surface area contributed by atoms with Crippen molar-refractivity contribution < 1.29 is 23.4 Å². The fourth-order valence-electron chi connectivity index (χ4n) is 2.30. The van der Waals surface area contributed by atoms with E-state index in [4.69, 9.17) is 9.88 Å². The van der Waals surface area contributed by atoms with E-state index in [9.17, 15) is 18.6 Å². The number of nitrogens with two attached hydrogens (primary N) is 1. The Hall–Kier alpha value is -2.20. The van der Waals surface area contributed by atoms with Gasteiger partial charge in [0, 0.05) is 30.1 Å².